The molecule has 0 aliphatic heterocycles. The lowest BCUT2D eigenvalue weighted by atomic mass is 10.0. The molecule has 0 aromatic heterocycles. The third kappa shape index (κ3) is 30.3. The molecule has 0 bridgehead atoms. The number of carboxylic acids is 1. The lowest BCUT2D eigenvalue weighted by Crippen LogP contribution is -2.91. The minimum absolute atomic E-state index is 0.0278. The molecule has 5 heteroatoms. The third-order valence-electron chi connectivity index (χ3n) is 4.45. The topological polar surface area (TPSA) is 97.2 Å². The lowest BCUT2D eigenvalue weighted by molar-refractivity contribution is -0.929. The highest BCUT2D eigenvalue weighted by Crippen LogP contribution is 2.14. The van der Waals surface area contributed by atoms with Gasteiger partial charge >= 0.3 is 0 Å². The Bertz CT molecular complexity index is 316. The van der Waals surface area contributed by atoms with E-state index in [1.165, 1.54) is 56.8 Å². The number of hydroxylamine groups is 1. The van der Waals surface area contributed by atoms with Crippen molar-refractivity contribution >= 4 is 5.97 Å². The Hall–Kier alpha value is -0.650. The standard InChI is InChI=1S/C18H36O3.C4H11NO/c1-2-3-4-11-14-17(19)15-12-9-7-5-6-8-10-13-16-18(20)21;1-4(2,3)5-6/h17,19H,2-16H2,1H3,(H,20,21);5-6H,1-3H3. The third-order valence-corrected chi connectivity index (χ3v) is 4.45. The van der Waals surface area contributed by atoms with Crippen LogP contribution in [0, 0.1) is 0 Å². The van der Waals surface area contributed by atoms with Gasteiger partial charge in [0.2, 0.25) is 0 Å². The first-order valence-corrected chi connectivity index (χ1v) is 11.1. The number of aliphatic carboxylic acids is 1. The van der Waals surface area contributed by atoms with Crippen LogP contribution in [0.2, 0.25) is 0 Å². The van der Waals surface area contributed by atoms with Gasteiger partial charge in [-0.15, -0.1) is 0 Å². The molecule has 0 fully saturated rings. The van der Waals surface area contributed by atoms with E-state index in [-0.39, 0.29) is 18.1 Å². The van der Waals surface area contributed by atoms with Crippen molar-refractivity contribution in [2.45, 2.75) is 136 Å². The molecule has 164 valence electrons. The summed E-state index contributed by atoms with van der Waals surface area (Å²) in [7, 11) is 0. The number of unbranched alkanes of at least 4 members (excludes halogenated alkanes) is 10. The molecule has 0 saturated carbocycles. The van der Waals surface area contributed by atoms with Gasteiger partial charge in [-0.2, -0.15) is 5.48 Å². The van der Waals surface area contributed by atoms with E-state index in [0.29, 0.717) is 0 Å². The van der Waals surface area contributed by atoms with E-state index in [2.05, 4.69) is 6.92 Å². The average Bonchev–Trinajstić information content (AvgIpc) is 2.60. The SMILES string of the molecule is CC(C)(C)[NH2+]O.CCCCCCC(O)CCCCCCCCCCC(=O)[O-]. The van der Waals surface area contributed by atoms with E-state index in [0.717, 1.165) is 38.5 Å². The van der Waals surface area contributed by atoms with Crippen molar-refractivity contribution in [3.8, 4) is 0 Å². The highest BCUT2D eigenvalue weighted by Gasteiger charge is 2.09. The van der Waals surface area contributed by atoms with Gasteiger partial charge in [0, 0.05) is 5.97 Å². The molecule has 0 radical (unpaired) electrons. The van der Waals surface area contributed by atoms with E-state index in [9.17, 15) is 15.0 Å². The Morgan fingerprint density at radius 2 is 1.22 bits per heavy atom. The van der Waals surface area contributed by atoms with E-state index in [4.69, 9.17) is 5.21 Å². The molecule has 0 saturated heterocycles. The van der Waals surface area contributed by atoms with Crippen LogP contribution in [0.25, 0.3) is 0 Å². The van der Waals surface area contributed by atoms with Crippen LogP contribution in [0.3, 0.4) is 0 Å². The lowest BCUT2D eigenvalue weighted by Gasteiger charge is -2.10. The minimum atomic E-state index is -0.928. The van der Waals surface area contributed by atoms with Gasteiger partial charge in [-0.1, -0.05) is 77.6 Å². The predicted molar refractivity (Wildman–Crippen MR) is 109 cm³/mol. The second-order valence-electron chi connectivity index (χ2n) is 8.74. The molecule has 0 rings (SSSR count). The molecular weight excluding hydrogens is 342 g/mol. The fraction of sp³-hybridized carbons (Fsp3) is 0.955. The molecule has 1 unspecified atom stereocenters. The van der Waals surface area contributed by atoms with Gasteiger partial charge in [-0.3, -0.25) is 0 Å². The fourth-order valence-electron chi connectivity index (χ4n) is 2.66. The van der Waals surface area contributed by atoms with Crippen LogP contribution in [0.1, 0.15) is 124 Å². The first kappa shape index (κ1) is 28.6. The summed E-state index contributed by atoms with van der Waals surface area (Å²) in [4.78, 5) is 10.2. The van der Waals surface area contributed by atoms with E-state index < -0.39 is 5.97 Å². The zero-order chi connectivity index (χ0) is 21.0. The summed E-state index contributed by atoms with van der Waals surface area (Å²) in [6.45, 7) is 8.02. The van der Waals surface area contributed by atoms with Crippen LogP contribution in [-0.4, -0.2) is 27.9 Å². The van der Waals surface area contributed by atoms with Crippen LogP contribution >= 0.6 is 0 Å². The second kappa shape index (κ2) is 20.1. The maximum absolute atomic E-state index is 10.2. The van der Waals surface area contributed by atoms with Gasteiger partial charge in [0.05, 0.1) is 6.10 Å². The smallest absolute Gasteiger partial charge is 0.117 e. The van der Waals surface area contributed by atoms with Crippen LogP contribution in [0.4, 0.5) is 0 Å². The molecule has 0 aromatic rings. The molecule has 0 heterocycles. The minimum Gasteiger partial charge on any atom is -0.550 e. The maximum atomic E-state index is 10.2. The zero-order valence-electron chi connectivity index (χ0n) is 18.5. The number of hydrogen-bond donors (Lipinski definition) is 3. The number of carbonyl (C=O) groups excluding carboxylic acids is 1. The number of carbonyl (C=O) groups is 1. The number of carboxylic acid groups (broad SMARTS) is 1. The van der Waals surface area contributed by atoms with Crippen LogP contribution in [0.5, 0.6) is 0 Å². The molecule has 0 aliphatic carbocycles. The van der Waals surface area contributed by atoms with Crippen LogP contribution in [-0.2, 0) is 4.79 Å². The number of rotatable bonds is 16. The van der Waals surface area contributed by atoms with Crippen molar-refractivity contribution in [3.63, 3.8) is 0 Å². The highest BCUT2D eigenvalue weighted by atomic mass is 16.5. The van der Waals surface area contributed by atoms with Crippen LogP contribution < -0.4 is 10.6 Å². The fourth-order valence-corrected chi connectivity index (χ4v) is 2.66. The Morgan fingerprint density at radius 1 is 0.852 bits per heavy atom. The number of nitrogens with two attached hydrogens (primary N) is 1. The number of aliphatic hydroxyl groups is 1. The van der Waals surface area contributed by atoms with Crippen molar-refractivity contribution in [1.29, 1.82) is 0 Å². The van der Waals surface area contributed by atoms with Gasteiger partial charge in [-0.05, 0) is 46.5 Å². The summed E-state index contributed by atoms with van der Waals surface area (Å²) < 4.78 is 0. The maximum Gasteiger partial charge on any atom is 0.117 e. The summed E-state index contributed by atoms with van der Waals surface area (Å²) in [5.41, 5.74) is 1.16. The van der Waals surface area contributed by atoms with Crippen molar-refractivity contribution in [3.05, 3.63) is 0 Å². The van der Waals surface area contributed by atoms with Crippen molar-refractivity contribution in [1.82, 2.24) is 0 Å². The predicted octanol–water partition coefficient (Wildman–Crippen LogP) is 3.71. The molecule has 1 atom stereocenters. The average molecular weight is 390 g/mol. The Labute approximate surface area is 167 Å². The molecule has 5 nitrogen and oxygen atoms in total. The van der Waals surface area contributed by atoms with E-state index in [1.807, 2.05) is 20.8 Å². The normalized spacial score (nSPS) is 12.4. The van der Waals surface area contributed by atoms with Gasteiger partial charge in [0.1, 0.15) is 5.54 Å². The molecule has 0 amide bonds. The zero-order valence-corrected chi connectivity index (χ0v) is 18.5. The first-order chi connectivity index (χ1) is 12.7. The Kier molecular flexibility index (Phi) is 21.3. The Morgan fingerprint density at radius 3 is 1.59 bits per heavy atom. The van der Waals surface area contributed by atoms with Crippen LogP contribution in [0.15, 0.2) is 0 Å². The molecule has 27 heavy (non-hydrogen) atoms. The summed E-state index contributed by atoms with van der Waals surface area (Å²) >= 11 is 0. The summed E-state index contributed by atoms with van der Waals surface area (Å²) in [6, 6.07) is 0. The Balaban J connectivity index is 0. The summed E-state index contributed by atoms with van der Waals surface area (Å²) in [6.07, 6.45) is 15.9. The van der Waals surface area contributed by atoms with E-state index in [1.54, 1.807) is 0 Å². The molecule has 4 N–H and O–H groups in total. The highest BCUT2D eigenvalue weighted by molar-refractivity contribution is 5.63. The molecule has 0 spiro atoms. The second-order valence-corrected chi connectivity index (χ2v) is 8.74. The van der Waals surface area contributed by atoms with Gasteiger partial charge in [-0.25, -0.2) is 5.21 Å². The molecule has 0 aliphatic rings. The van der Waals surface area contributed by atoms with Crippen molar-refractivity contribution in [2.75, 3.05) is 0 Å². The molecular formula is C22H47NO4. The van der Waals surface area contributed by atoms with Gasteiger partial charge in [0.25, 0.3) is 0 Å². The summed E-state index contributed by atoms with van der Waals surface area (Å²) in [5.74, 6) is -0.928. The number of quaternary nitrogens is 1. The van der Waals surface area contributed by atoms with Crippen molar-refractivity contribution in [2.24, 2.45) is 0 Å². The number of hydrogen-bond acceptors (Lipinski definition) is 4. The largest absolute Gasteiger partial charge is 0.550 e. The van der Waals surface area contributed by atoms with Gasteiger partial charge < -0.3 is 15.0 Å². The molecule has 0 aromatic carbocycles. The van der Waals surface area contributed by atoms with Gasteiger partial charge in [0.15, 0.2) is 0 Å². The number of aliphatic hydroxyl groups excluding tert-OH is 1. The quantitative estimate of drug-likeness (QED) is 0.277. The van der Waals surface area contributed by atoms with E-state index >= 15 is 0 Å². The van der Waals surface area contributed by atoms with Crippen molar-refractivity contribution < 1.29 is 25.7 Å². The first-order valence-electron chi connectivity index (χ1n) is 11.1. The monoisotopic (exact) mass is 389 g/mol. The summed E-state index contributed by atoms with van der Waals surface area (Å²) in [5, 5.41) is 28.3.